The van der Waals surface area contributed by atoms with Crippen molar-refractivity contribution in [1.82, 2.24) is 10.3 Å². The molecule has 1 aromatic heterocycles. The third-order valence-electron chi connectivity index (χ3n) is 3.13. The summed E-state index contributed by atoms with van der Waals surface area (Å²) in [4.78, 5) is 14.9. The first-order valence-electron chi connectivity index (χ1n) is 6.36. The molecule has 0 saturated carbocycles. The molecule has 5 nitrogen and oxygen atoms in total. The van der Waals surface area contributed by atoms with Crippen molar-refractivity contribution in [3.8, 4) is 5.75 Å². The van der Waals surface area contributed by atoms with Crippen LogP contribution in [-0.4, -0.2) is 29.7 Å². The summed E-state index contributed by atoms with van der Waals surface area (Å²) in [5.74, 6) is 0.472. The number of carbonyl (C=O) groups is 1. The molecule has 106 valence electrons. The Hall–Kier alpha value is -2.27. The molecule has 3 N–H and O–H groups in total. The number of methoxy groups -OCH3 is 1. The average molecular weight is 274 g/mol. The Bertz CT molecular complexity index is 592. The number of aromatic nitrogens is 1. The number of aryl methyl sites for hydroxylation is 1. The zero-order chi connectivity index (χ0) is 14.5. The van der Waals surface area contributed by atoms with E-state index in [0.29, 0.717) is 16.9 Å². The van der Waals surface area contributed by atoms with Crippen LogP contribution in [0.25, 0.3) is 0 Å². The second-order valence-electron chi connectivity index (χ2n) is 4.52. The van der Waals surface area contributed by atoms with Crippen LogP contribution in [-0.2, 0) is 0 Å². The van der Waals surface area contributed by atoms with Gasteiger partial charge in [0.15, 0.2) is 0 Å². The molecule has 0 spiro atoms. The van der Waals surface area contributed by atoms with Crippen LogP contribution in [0.5, 0.6) is 5.75 Å². The molecule has 2 aromatic rings. The molecule has 0 aliphatic carbocycles. The number of rotatable bonds is 5. The summed E-state index contributed by atoms with van der Waals surface area (Å²) in [7, 11) is 1.57. The number of hydrogen-bond donors (Lipinski definition) is 3. The molecule has 1 atom stereocenters. The second kappa shape index (κ2) is 6.25. The van der Waals surface area contributed by atoms with Crippen molar-refractivity contribution in [2.45, 2.75) is 13.0 Å². The molecule has 0 aliphatic rings. The van der Waals surface area contributed by atoms with Gasteiger partial charge in [-0.25, -0.2) is 0 Å². The second-order valence-corrected chi connectivity index (χ2v) is 4.52. The van der Waals surface area contributed by atoms with Gasteiger partial charge in [0.25, 0.3) is 5.91 Å². The van der Waals surface area contributed by atoms with Gasteiger partial charge in [0, 0.05) is 18.4 Å². The summed E-state index contributed by atoms with van der Waals surface area (Å²) in [6.07, 6.45) is 0.941. The van der Waals surface area contributed by atoms with E-state index in [-0.39, 0.29) is 12.5 Å². The summed E-state index contributed by atoms with van der Waals surface area (Å²) in [5, 5.41) is 12.8. The highest BCUT2D eigenvalue weighted by atomic mass is 16.5. The van der Waals surface area contributed by atoms with Gasteiger partial charge in [0.1, 0.15) is 5.75 Å². The van der Waals surface area contributed by atoms with Gasteiger partial charge in [0.05, 0.1) is 18.8 Å². The van der Waals surface area contributed by atoms with Crippen LogP contribution in [0.4, 0.5) is 0 Å². The molecule has 1 amide bonds. The number of benzene rings is 1. The molecule has 1 unspecified atom stereocenters. The van der Waals surface area contributed by atoms with E-state index in [1.807, 2.05) is 6.92 Å². The standard InChI is InChI=1S/C15H18N2O3/c1-10-13(6-7-16-10)15(19)17-9-14(18)11-4-3-5-12(8-11)20-2/h3-8,14,16,18H,9H2,1-2H3,(H,17,19). The van der Waals surface area contributed by atoms with Crippen molar-refractivity contribution in [2.75, 3.05) is 13.7 Å². The molecule has 0 bridgehead atoms. The summed E-state index contributed by atoms with van der Waals surface area (Å²) >= 11 is 0. The molecule has 1 heterocycles. The number of hydrogen-bond acceptors (Lipinski definition) is 3. The monoisotopic (exact) mass is 274 g/mol. The normalized spacial score (nSPS) is 11.9. The molecule has 0 fully saturated rings. The van der Waals surface area contributed by atoms with Crippen molar-refractivity contribution in [3.63, 3.8) is 0 Å². The minimum Gasteiger partial charge on any atom is -0.497 e. The summed E-state index contributed by atoms with van der Waals surface area (Å²) in [5.41, 5.74) is 2.09. The maximum atomic E-state index is 11.9. The lowest BCUT2D eigenvalue weighted by Crippen LogP contribution is -2.28. The first-order valence-corrected chi connectivity index (χ1v) is 6.36. The van der Waals surface area contributed by atoms with E-state index >= 15 is 0 Å². The van der Waals surface area contributed by atoms with Gasteiger partial charge >= 0.3 is 0 Å². The Kier molecular flexibility index (Phi) is 4.42. The predicted octanol–water partition coefficient (Wildman–Crippen LogP) is 1.80. The van der Waals surface area contributed by atoms with Crippen LogP contribution in [0, 0.1) is 6.92 Å². The van der Waals surface area contributed by atoms with E-state index < -0.39 is 6.10 Å². The highest BCUT2D eigenvalue weighted by molar-refractivity contribution is 5.95. The molecular weight excluding hydrogens is 256 g/mol. The van der Waals surface area contributed by atoms with E-state index in [9.17, 15) is 9.90 Å². The number of carbonyl (C=O) groups excluding carboxylic acids is 1. The van der Waals surface area contributed by atoms with Crippen molar-refractivity contribution >= 4 is 5.91 Å². The number of aliphatic hydroxyl groups excluding tert-OH is 1. The number of nitrogens with one attached hydrogen (secondary N) is 2. The van der Waals surface area contributed by atoms with Crippen molar-refractivity contribution in [2.24, 2.45) is 0 Å². The Morgan fingerprint density at radius 1 is 1.45 bits per heavy atom. The fourth-order valence-electron chi connectivity index (χ4n) is 1.95. The van der Waals surface area contributed by atoms with Crippen LogP contribution in [0.2, 0.25) is 0 Å². The number of amides is 1. The molecule has 1 aromatic carbocycles. The minimum atomic E-state index is -0.770. The SMILES string of the molecule is COc1cccc(C(O)CNC(=O)c2cc[nH]c2C)c1. The van der Waals surface area contributed by atoms with Crippen LogP contribution in [0.3, 0.4) is 0 Å². The fourth-order valence-corrected chi connectivity index (χ4v) is 1.95. The van der Waals surface area contributed by atoms with Crippen molar-refractivity contribution < 1.29 is 14.6 Å². The third-order valence-corrected chi connectivity index (χ3v) is 3.13. The van der Waals surface area contributed by atoms with Gasteiger partial charge < -0.3 is 20.1 Å². The predicted molar refractivity (Wildman–Crippen MR) is 75.8 cm³/mol. The molecule has 0 aliphatic heterocycles. The van der Waals surface area contributed by atoms with E-state index in [1.54, 1.807) is 43.6 Å². The first-order chi connectivity index (χ1) is 9.61. The minimum absolute atomic E-state index is 0.149. The van der Waals surface area contributed by atoms with Gasteiger partial charge in [-0.15, -0.1) is 0 Å². The molecular formula is C15H18N2O3. The van der Waals surface area contributed by atoms with Crippen LogP contribution in [0.15, 0.2) is 36.5 Å². The zero-order valence-electron chi connectivity index (χ0n) is 11.5. The first kappa shape index (κ1) is 14.1. The number of H-pyrrole nitrogens is 1. The Balaban J connectivity index is 1.96. The summed E-state index contributed by atoms with van der Waals surface area (Å²) in [6, 6.07) is 8.86. The topological polar surface area (TPSA) is 74.3 Å². The lowest BCUT2D eigenvalue weighted by atomic mass is 10.1. The van der Waals surface area contributed by atoms with Crippen LogP contribution >= 0.6 is 0 Å². The number of aliphatic hydroxyl groups is 1. The number of aromatic amines is 1. The largest absolute Gasteiger partial charge is 0.497 e. The van der Waals surface area contributed by atoms with Gasteiger partial charge in [-0.3, -0.25) is 4.79 Å². The smallest absolute Gasteiger partial charge is 0.253 e. The Morgan fingerprint density at radius 2 is 2.25 bits per heavy atom. The third kappa shape index (κ3) is 3.19. The number of ether oxygens (including phenoxy) is 1. The highest BCUT2D eigenvalue weighted by Crippen LogP contribution is 2.18. The summed E-state index contributed by atoms with van der Waals surface area (Å²) in [6.45, 7) is 1.98. The fraction of sp³-hybridized carbons (Fsp3) is 0.267. The molecule has 20 heavy (non-hydrogen) atoms. The molecule has 5 heteroatoms. The van der Waals surface area contributed by atoms with Crippen LogP contribution in [0.1, 0.15) is 27.7 Å². The maximum absolute atomic E-state index is 11.9. The van der Waals surface area contributed by atoms with Gasteiger partial charge in [-0.1, -0.05) is 12.1 Å². The zero-order valence-corrected chi connectivity index (χ0v) is 11.5. The highest BCUT2D eigenvalue weighted by Gasteiger charge is 2.13. The molecule has 0 saturated heterocycles. The maximum Gasteiger partial charge on any atom is 0.253 e. The van der Waals surface area contributed by atoms with Gasteiger partial charge in [-0.2, -0.15) is 0 Å². The van der Waals surface area contributed by atoms with Crippen LogP contribution < -0.4 is 10.1 Å². The molecule has 2 rings (SSSR count). The Labute approximate surface area is 117 Å². The van der Waals surface area contributed by atoms with Gasteiger partial charge in [-0.05, 0) is 30.7 Å². The quantitative estimate of drug-likeness (QED) is 0.778. The van der Waals surface area contributed by atoms with E-state index in [1.165, 1.54) is 0 Å². The lowest BCUT2D eigenvalue weighted by Gasteiger charge is -2.13. The average Bonchev–Trinajstić information content (AvgIpc) is 2.90. The summed E-state index contributed by atoms with van der Waals surface area (Å²) < 4.78 is 5.10. The Morgan fingerprint density at radius 3 is 2.90 bits per heavy atom. The van der Waals surface area contributed by atoms with Gasteiger partial charge in [0.2, 0.25) is 0 Å². The van der Waals surface area contributed by atoms with E-state index in [0.717, 1.165) is 5.69 Å². The van der Waals surface area contributed by atoms with Crippen molar-refractivity contribution in [3.05, 3.63) is 53.3 Å². The van der Waals surface area contributed by atoms with Crippen molar-refractivity contribution in [1.29, 1.82) is 0 Å². The van der Waals surface area contributed by atoms with E-state index in [4.69, 9.17) is 4.74 Å². The van der Waals surface area contributed by atoms with E-state index in [2.05, 4.69) is 10.3 Å². The molecule has 0 radical (unpaired) electrons. The lowest BCUT2D eigenvalue weighted by molar-refractivity contribution is 0.0916.